The molecule has 0 spiro atoms. The molecule has 0 atom stereocenters. The molecule has 1 aliphatic heterocycles. The standard InChI is InChI=1S/C19H14N2OS/c1-13-6-8-14(9-7-13)20-18-16-4-2-3-5-17(16)21(19(18)22)15-10-11-23-12-15/h2-12H,1H3/b20-18+. The van der Waals surface area contributed by atoms with Crippen LogP contribution in [0, 0.1) is 6.92 Å². The van der Waals surface area contributed by atoms with Crippen molar-refractivity contribution in [3.05, 3.63) is 76.5 Å². The van der Waals surface area contributed by atoms with Gasteiger partial charge in [0, 0.05) is 10.9 Å². The maximum absolute atomic E-state index is 12.9. The van der Waals surface area contributed by atoms with Crippen LogP contribution in [0.15, 0.2) is 70.3 Å². The van der Waals surface area contributed by atoms with E-state index in [1.54, 1.807) is 16.2 Å². The minimum Gasteiger partial charge on any atom is -0.274 e. The van der Waals surface area contributed by atoms with Gasteiger partial charge in [-0.1, -0.05) is 35.9 Å². The van der Waals surface area contributed by atoms with Gasteiger partial charge in [0.15, 0.2) is 0 Å². The molecule has 3 nitrogen and oxygen atoms in total. The average molecular weight is 318 g/mol. The zero-order chi connectivity index (χ0) is 15.8. The molecule has 112 valence electrons. The van der Waals surface area contributed by atoms with E-state index in [9.17, 15) is 4.79 Å². The summed E-state index contributed by atoms with van der Waals surface area (Å²) in [7, 11) is 0. The predicted octanol–water partition coefficient (Wildman–Crippen LogP) is 4.86. The number of benzene rings is 2. The number of carbonyl (C=O) groups is 1. The first-order valence-corrected chi connectivity index (χ1v) is 8.30. The van der Waals surface area contributed by atoms with E-state index in [4.69, 9.17) is 0 Å². The molecule has 4 rings (SSSR count). The van der Waals surface area contributed by atoms with Gasteiger partial charge in [0.2, 0.25) is 0 Å². The topological polar surface area (TPSA) is 32.7 Å². The summed E-state index contributed by atoms with van der Waals surface area (Å²) < 4.78 is 0. The largest absolute Gasteiger partial charge is 0.282 e. The van der Waals surface area contributed by atoms with Crippen LogP contribution >= 0.6 is 11.3 Å². The van der Waals surface area contributed by atoms with E-state index >= 15 is 0 Å². The Kier molecular flexibility index (Phi) is 3.32. The molecule has 4 heteroatoms. The molecule has 2 aromatic carbocycles. The van der Waals surface area contributed by atoms with E-state index in [1.165, 1.54) is 5.56 Å². The van der Waals surface area contributed by atoms with Gasteiger partial charge in [0.1, 0.15) is 5.71 Å². The summed E-state index contributed by atoms with van der Waals surface area (Å²) in [5.41, 5.74) is 5.12. The van der Waals surface area contributed by atoms with E-state index < -0.39 is 0 Å². The predicted molar refractivity (Wildman–Crippen MR) is 95.3 cm³/mol. The molecule has 1 aromatic heterocycles. The van der Waals surface area contributed by atoms with Crippen molar-refractivity contribution in [1.29, 1.82) is 0 Å². The maximum atomic E-state index is 12.9. The fraction of sp³-hybridized carbons (Fsp3) is 0.0526. The Labute approximate surface area is 138 Å². The van der Waals surface area contributed by atoms with Crippen molar-refractivity contribution in [2.75, 3.05) is 4.90 Å². The fourth-order valence-corrected chi connectivity index (χ4v) is 3.32. The molecule has 0 radical (unpaired) electrons. The highest BCUT2D eigenvalue weighted by Crippen LogP contribution is 2.37. The van der Waals surface area contributed by atoms with Gasteiger partial charge in [-0.25, -0.2) is 4.99 Å². The smallest absolute Gasteiger partial charge is 0.274 e. The highest BCUT2D eigenvalue weighted by atomic mass is 32.1. The molecule has 0 fully saturated rings. The third-order valence-corrected chi connectivity index (χ3v) is 4.52. The normalized spacial score (nSPS) is 15.3. The van der Waals surface area contributed by atoms with Crippen LogP contribution in [0.4, 0.5) is 17.1 Å². The molecular weight excluding hydrogens is 304 g/mol. The van der Waals surface area contributed by atoms with Crippen molar-refractivity contribution >= 4 is 40.0 Å². The summed E-state index contributed by atoms with van der Waals surface area (Å²) in [6, 6.07) is 17.6. The van der Waals surface area contributed by atoms with Gasteiger partial charge in [-0.3, -0.25) is 9.69 Å². The number of hydrogen-bond acceptors (Lipinski definition) is 3. The third kappa shape index (κ3) is 2.37. The molecule has 0 N–H and O–H groups in total. The number of nitrogens with zero attached hydrogens (tertiary/aromatic N) is 2. The molecule has 0 unspecified atom stereocenters. The second-order valence-electron chi connectivity index (χ2n) is 5.44. The van der Waals surface area contributed by atoms with Crippen LogP contribution in [-0.4, -0.2) is 11.6 Å². The van der Waals surface area contributed by atoms with E-state index in [0.717, 1.165) is 22.6 Å². The Morgan fingerprint density at radius 1 is 1.00 bits per heavy atom. The summed E-state index contributed by atoms with van der Waals surface area (Å²) in [4.78, 5) is 19.3. The molecule has 23 heavy (non-hydrogen) atoms. The van der Waals surface area contributed by atoms with Gasteiger partial charge in [-0.05, 0) is 36.6 Å². The first kappa shape index (κ1) is 13.9. The number of amides is 1. The van der Waals surface area contributed by atoms with Gasteiger partial charge in [-0.2, -0.15) is 11.3 Å². The SMILES string of the molecule is Cc1ccc(/N=C2/C(=O)N(c3ccsc3)c3ccccc32)cc1. The van der Waals surface area contributed by atoms with Crippen LogP contribution in [0.3, 0.4) is 0 Å². The first-order chi connectivity index (χ1) is 11.2. The van der Waals surface area contributed by atoms with E-state index in [0.29, 0.717) is 5.71 Å². The Hall–Kier alpha value is -2.72. The highest BCUT2D eigenvalue weighted by Gasteiger charge is 2.34. The Bertz CT molecular complexity index is 895. The quantitative estimate of drug-likeness (QED) is 0.664. The molecule has 3 aromatic rings. The van der Waals surface area contributed by atoms with Crippen molar-refractivity contribution in [3.63, 3.8) is 0 Å². The number of para-hydroxylation sites is 1. The molecule has 1 aliphatic rings. The van der Waals surface area contributed by atoms with Crippen molar-refractivity contribution in [2.45, 2.75) is 6.92 Å². The molecule has 0 bridgehead atoms. The lowest BCUT2D eigenvalue weighted by atomic mass is 10.1. The van der Waals surface area contributed by atoms with Gasteiger partial charge in [0.25, 0.3) is 5.91 Å². The van der Waals surface area contributed by atoms with Crippen LogP contribution in [0.5, 0.6) is 0 Å². The van der Waals surface area contributed by atoms with Crippen LogP contribution in [0.2, 0.25) is 0 Å². The van der Waals surface area contributed by atoms with Gasteiger partial charge < -0.3 is 0 Å². The summed E-state index contributed by atoms with van der Waals surface area (Å²) >= 11 is 1.58. The maximum Gasteiger partial charge on any atom is 0.282 e. The summed E-state index contributed by atoms with van der Waals surface area (Å²) in [6.07, 6.45) is 0. The average Bonchev–Trinajstić information content (AvgIpc) is 3.17. The number of rotatable bonds is 2. The zero-order valence-corrected chi connectivity index (χ0v) is 13.4. The van der Waals surface area contributed by atoms with E-state index in [2.05, 4.69) is 4.99 Å². The van der Waals surface area contributed by atoms with Crippen LogP contribution in [0.1, 0.15) is 11.1 Å². The molecule has 0 saturated heterocycles. The number of aryl methyl sites for hydroxylation is 1. The van der Waals surface area contributed by atoms with Gasteiger partial charge in [-0.15, -0.1) is 0 Å². The van der Waals surface area contributed by atoms with Crippen LogP contribution in [0.25, 0.3) is 0 Å². The van der Waals surface area contributed by atoms with Crippen molar-refractivity contribution in [1.82, 2.24) is 0 Å². The van der Waals surface area contributed by atoms with Crippen LogP contribution < -0.4 is 4.90 Å². The number of thiophene rings is 1. The molecule has 2 heterocycles. The van der Waals surface area contributed by atoms with E-state index in [1.807, 2.05) is 72.3 Å². The lowest BCUT2D eigenvalue weighted by Gasteiger charge is -2.14. The molecule has 0 saturated carbocycles. The third-order valence-electron chi connectivity index (χ3n) is 3.84. The first-order valence-electron chi connectivity index (χ1n) is 7.35. The lowest BCUT2D eigenvalue weighted by molar-refractivity contribution is -0.111. The van der Waals surface area contributed by atoms with Gasteiger partial charge >= 0.3 is 0 Å². The second kappa shape index (κ2) is 5.48. The molecule has 1 amide bonds. The van der Waals surface area contributed by atoms with E-state index in [-0.39, 0.29) is 5.91 Å². The van der Waals surface area contributed by atoms with Crippen molar-refractivity contribution in [3.8, 4) is 0 Å². The second-order valence-corrected chi connectivity index (χ2v) is 6.22. The van der Waals surface area contributed by atoms with Gasteiger partial charge in [0.05, 0.1) is 17.1 Å². The number of hydrogen-bond donors (Lipinski definition) is 0. The highest BCUT2D eigenvalue weighted by molar-refractivity contribution is 7.08. The molecular formula is C19H14N2OS. The lowest BCUT2D eigenvalue weighted by Crippen LogP contribution is -2.24. The number of aliphatic imine (C=N–C) groups is 1. The van der Waals surface area contributed by atoms with Crippen LogP contribution in [-0.2, 0) is 4.79 Å². The Morgan fingerprint density at radius 2 is 1.78 bits per heavy atom. The Morgan fingerprint density at radius 3 is 2.52 bits per heavy atom. The van der Waals surface area contributed by atoms with Crippen molar-refractivity contribution < 1.29 is 4.79 Å². The monoisotopic (exact) mass is 318 g/mol. The Balaban J connectivity index is 1.85. The number of fused-ring (bicyclic) bond motifs is 1. The van der Waals surface area contributed by atoms with Crippen molar-refractivity contribution in [2.24, 2.45) is 4.99 Å². The molecule has 0 aliphatic carbocycles. The fourth-order valence-electron chi connectivity index (χ4n) is 2.70. The number of carbonyl (C=O) groups excluding carboxylic acids is 1. The summed E-state index contributed by atoms with van der Waals surface area (Å²) in [5, 5.41) is 3.95. The minimum atomic E-state index is -0.0785. The summed E-state index contributed by atoms with van der Waals surface area (Å²) in [5.74, 6) is -0.0785. The summed E-state index contributed by atoms with van der Waals surface area (Å²) in [6.45, 7) is 2.03. The number of anilines is 2. The zero-order valence-electron chi connectivity index (χ0n) is 12.6. The minimum absolute atomic E-state index is 0.0785.